The first-order valence-corrected chi connectivity index (χ1v) is 18.2. The van der Waals surface area contributed by atoms with E-state index in [1.54, 1.807) is 4.90 Å². The van der Waals surface area contributed by atoms with E-state index in [-0.39, 0.29) is 50.0 Å². The fourth-order valence-corrected chi connectivity index (χ4v) is 7.19. The van der Waals surface area contributed by atoms with Crippen LogP contribution in [0.4, 0.5) is 0 Å². The molecule has 8 N–H and O–H groups in total. The molecule has 12 heteroatoms. The van der Waals surface area contributed by atoms with Crippen molar-refractivity contribution >= 4 is 29.5 Å². The number of ether oxygens (including phenoxy) is 1. The van der Waals surface area contributed by atoms with Crippen LogP contribution in [-0.4, -0.2) is 84.3 Å². The number of rotatable bonds is 17. The molecule has 1 aliphatic heterocycles. The molecule has 12 nitrogen and oxygen atoms in total. The molecule has 1 heterocycles. The number of fused-ring (bicyclic) bond motifs is 1. The molecule has 1 fully saturated rings. The highest BCUT2D eigenvalue weighted by atomic mass is 16.5. The minimum atomic E-state index is -1.17. The summed E-state index contributed by atoms with van der Waals surface area (Å²) in [4.78, 5) is 69.6. The Bertz CT molecular complexity index is 1500. The number of piperidine rings is 1. The summed E-state index contributed by atoms with van der Waals surface area (Å²) in [6.07, 6.45) is 3.46. The highest BCUT2D eigenvalue weighted by Crippen LogP contribution is 2.31. The van der Waals surface area contributed by atoms with Gasteiger partial charge in [-0.3, -0.25) is 24.0 Å². The SMILES string of the molecule is COC(=O)C1(N)CCN(C(=O)[C@@H](CCCCN)NC(=O)C(CC(C)C)NC(=O)[C@H](CC(=O)C2(N)Cc3ccccc3C2)Cc2ccccc2)CC1. The normalized spacial score (nSPS) is 17.9. The van der Waals surface area contributed by atoms with Gasteiger partial charge in [0, 0.05) is 25.4 Å². The minimum Gasteiger partial charge on any atom is -0.468 e. The monoisotopic (exact) mass is 704 g/mol. The van der Waals surface area contributed by atoms with Gasteiger partial charge in [-0.25, -0.2) is 0 Å². The van der Waals surface area contributed by atoms with Crippen LogP contribution < -0.4 is 27.8 Å². The van der Waals surface area contributed by atoms with Crippen molar-refractivity contribution in [2.45, 2.75) is 101 Å². The number of Topliss-reactive ketones (excluding diaryl/α,β-unsaturated/α-hetero) is 1. The number of ketones is 1. The molecular weight excluding hydrogens is 648 g/mol. The Hall–Kier alpha value is -4.13. The molecule has 0 aromatic heterocycles. The number of carbonyl (C=O) groups is 5. The molecule has 0 bridgehead atoms. The molecule has 4 rings (SSSR count). The van der Waals surface area contributed by atoms with Gasteiger partial charge in [-0.2, -0.15) is 0 Å². The Morgan fingerprint density at radius 2 is 1.41 bits per heavy atom. The van der Waals surface area contributed by atoms with Crippen molar-refractivity contribution in [3.05, 3.63) is 71.3 Å². The second-order valence-electron chi connectivity index (χ2n) is 14.8. The molecule has 0 saturated carbocycles. The van der Waals surface area contributed by atoms with Gasteiger partial charge in [0.15, 0.2) is 5.78 Å². The van der Waals surface area contributed by atoms with Gasteiger partial charge in [0.05, 0.1) is 12.6 Å². The van der Waals surface area contributed by atoms with Crippen LogP contribution >= 0.6 is 0 Å². The number of hydrogen-bond acceptors (Lipinski definition) is 9. The van der Waals surface area contributed by atoms with Gasteiger partial charge >= 0.3 is 5.97 Å². The number of nitrogens with zero attached hydrogens (tertiary/aromatic N) is 1. The highest BCUT2D eigenvalue weighted by molar-refractivity contribution is 5.96. The molecule has 278 valence electrons. The number of unbranched alkanes of at least 4 members (excludes halogenated alkanes) is 1. The number of amides is 3. The summed E-state index contributed by atoms with van der Waals surface area (Å²) in [5, 5.41) is 5.89. The van der Waals surface area contributed by atoms with Crippen molar-refractivity contribution < 1.29 is 28.7 Å². The molecule has 1 aliphatic carbocycles. The van der Waals surface area contributed by atoms with Crippen LogP contribution in [-0.2, 0) is 48.0 Å². The first-order chi connectivity index (χ1) is 24.3. The number of benzene rings is 2. The molecule has 3 amide bonds. The van der Waals surface area contributed by atoms with Gasteiger partial charge in [0.25, 0.3) is 0 Å². The van der Waals surface area contributed by atoms with Crippen LogP contribution in [0.25, 0.3) is 0 Å². The van der Waals surface area contributed by atoms with Crippen molar-refractivity contribution in [2.75, 3.05) is 26.7 Å². The highest BCUT2D eigenvalue weighted by Gasteiger charge is 2.43. The Labute approximate surface area is 301 Å². The number of likely N-dealkylation sites (tertiary alicyclic amines) is 1. The first kappa shape index (κ1) is 39.7. The van der Waals surface area contributed by atoms with Gasteiger partial charge in [-0.15, -0.1) is 0 Å². The third-order valence-electron chi connectivity index (χ3n) is 10.3. The number of nitrogens with two attached hydrogens (primary N) is 3. The molecule has 51 heavy (non-hydrogen) atoms. The molecule has 0 radical (unpaired) electrons. The number of methoxy groups -OCH3 is 1. The molecule has 1 saturated heterocycles. The lowest BCUT2D eigenvalue weighted by Gasteiger charge is -2.38. The van der Waals surface area contributed by atoms with E-state index >= 15 is 0 Å². The largest absolute Gasteiger partial charge is 0.468 e. The van der Waals surface area contributed by atoms with Crippen molar-refractivity contribution in [1.29, 1.82) is 0 Å². The van der Waals surface area contributed by atoms with Crippen LogP contribution in [0.3, 0.4) is 0 Å². The summed E-state index contributed by atoms with van der Waals surface area (Å²) in [6, 6.07) is 15.5. The van der Waals surface area contributed by atoms with Gasteiger partial charge in [0.1, 0.15) is 17.6 Å². The van der Waals surface area contributed by atoms with Crippen LogP contribution in [0, 0.1) is 11.8 Å². The second-order valence-corrected chi connectivity index (χ2v) is 14.8. The van der Waals surface area contributed by atoms with E-state index in [1.807, 2.05) is 68.4 Å². The average Bonchev–Trinajstić information content (AvgIpc) is 3.48. The summed E-state index contributed by atoms with van der Waals surface area (Å²) in [6.45, 7) is 4.82. The van der Waals surface area contributed by atoms with Crippen LogP contribution in [0.15, 0.2) is 54.6 Å². The number of esters is 1. The summed E-state index contributed by atoms with van der Waals surface area (Å²) >= 11 is 0. The van der Waals surface area contributed by atoms with E-state index in [0.29, 0.717) is 51.5 Å². The van der Waals surface area contributed by atoms with E-state index in [9.17, 15) is 24.0 Å². The average molecular weight is 705 g/mol. The fraction of sp³-hybridized carbons (Fsp3) is 0.564. The van der Waals surface area contributed by atoms with E-state index in [0.717, 1.165) is 16.7 Å². The lowest BCUT2D eigenvalue weighted by Crippen LogP contribution is -2.60. The fourth-order valence-electron chi connectivity index (χ4n) is 7.19. The van der Waals surface area contributed by atoms with E-state index in [4.69, 9.17) is 21.9 Å². The van der Waals surface area contributed by atoms with Gasteiger partial charge in [-0.05, 0) is 86.9 Å². The van der Waals surface area contributed by atoms with Gasteiger partial charge < -0.3 is 37.5 Å². The molecule has 0 spiro atoms. The standard InChI is InChI=1S/C39H56N6O6/c1-26(2)21-32(35(48)43-31(15-9-10-18-40)36(49)45-19-16-38(41,17-20-45)37(50)51-3)44-34(47)30(22-27-11-5-4-6-12-27)23-33(46)39(42)24-28-13-7-8-14-29(28)25-39/h4-8,11-14,26,30-32H,9-10,15-25,40-42H2,1-3H3,(H,43,48)(H,44,47)/t30-,31+,32?/m0/s1. The third-order valence-corrected chi connectivity index (χ3v) is 10.3. The lowest BCUT2D eigenvalue weighted by atomic mass is 9.83. The Morgan fingerprint density at radius 1 is 0.824 bits per heavy atom. The smallest absolute Gasteiger partial charge is 0.325 e. The minimum absolute atomic E-state index is 0.0315. The molecular formula is C39H56N6O6. The zero-order valence-corrected chi connectivity index (χ0v) is 30.3. The van der Waals surface area contributed by atoms with E-state index in [2.05, 4.69) is 10.6 Å². The molecule has 1 unspecified atom stereocenters. The first-order valence-electron chi connectivity index (χ1n) is 18.2. The molecule has 2 aromatic carbocycles. The predicted molar refractivity (Wildman–Crippen MR) is 195 cm³/mol. The zero-order chi connectivity index (χ0) is 37.2. The summed E-state index contributed by atoms with van der Waals surface area (Å²) in [7, 11) is 1.29. The van der Waals surface area contributed by atoms with Gasteiger partial charge in [-0.1, -0.05) is 68.4 Å². The summed E-state index contributed by atoms with van der Waals surface area (Å²) in [5.74, 6) is -2.62. The number of nitrogens with one attached hydrogen (secondary N) is 2. The van der Waals surface area contributed by atoms with Crippen LogP contribution in [0.2, 0.25) is 0 Å². The van der Waals surface area contributed by atoms with Crippen LogP contribution in [0.5, 0.6) is 0 Å². The Kier molecular flexibility index (Phi) is 13.9. The topological polar surface area (TPSA) is 200 Å². The van der Waals surface area contributed by atoms with Crippen molar-refractivity contribution in [1.82, 2.24) is 15.5 Å². The zero-order valence-electron chi connectivity index (χ0n) is 30.3. The maximum atomic E-state index is 14.1. The number of hydrogen-bond donors (Lipinski definition) is 5. The lowest BCUT2D eigenvalue weighted by molar-refractivity contribution is -0.151. The van der Waals surface area contributed by atoms with E-state index in [1.165, 1.54) is 7.11 Å². The molecule has 2 aromatic rings. The third kappa shape index (κ3) is 10.5. The van der Waals surface area contributed by atoms with Crippen molar-refractivity contribution in [3.63, 3.8) is 0 Å². The Balaban J connectivity index is 1.50. The quantitative estimate of drug-likeness (QED) is 0.121. The maximum absolute atomic E-state index is 14.1. The van der Waals surface area contributed by atoms with E-state index < -0.39 is 46.9 Å². The number of carbonyl (C=O) groups excluding carboxylic acids is 5. The van der Waals surface area contributed by atoms with Crippen molar-refractivity contribution in [3.8, 4) is 0 Å². The second kappa shape index (κ2) is 17.9. The molecule has 3 atom stereocenters. The Morgan fingerprint density at radius 3 is 1.98 bits per heavy atom. The van der Waals surface area contributed by atoms with Crippen LogP contribution in [0.1, 0.15) is 75.5 Å². The van der Waals surface area contributed by atoms with Crippen molar-refractivity contribution in [2.24, 2.45) is 29.0 Å². The summed E-state index contributed by atoms with van der Waals surface area (Å²) in [5.41, 5.74) is 19.4. The predicted octanol–water partition coefficient (Wildman–Crippen LogP) is 1.94. The van der Waals surface area contributed by atoms with Gasteiger partial charge in [0.2, 0.25) is 17.7 Å². The summed E-state index contributed by atoms with van der Waals surface area (Å²) < 4.78 is 4.86. The molecule has 2 aliphatic rings. The maximum Gasteiger partial charge on any atom is 0.325 e.